The summed E-state index contributed by atoms with van der Waals surface area (Å²) in [5.74, 6) is 1.12. The molecule has 0 amide bonds. The lowest BCUT2D eigenvalue weighted by atomic mass is 9.98. The Balaban J connectivity index is 1.51. The molecule has 1 fully saturated rings. The van der Waals surface area contributed by atoms with E-state index < -0.39 is 0 Å². The van der Waals surface area contributed by atoms with Gasteiger partial charge in [-0.1, -0.05) is 12.8 Å². The fourth-order valence-corrected chi connectivity index (χ4v) is 4.95. The van der Waals surface area contributed by atoms with Crippen molar-refractivity contribution in [2.75, 3.05) is 11.9 Å². The summed E-state index contributed by atoms with van der Waals surface area (Å²) in [4.78, 5) is 17.5. The molecule has 0 aromatic carbocycles. The van der Waals surface area contributed by atoms with Crippen molar-refractivity contribution in [1.82, 2.24) is 29.7 Å². The van der Waals surface area contributed by atoms with Crippen LogP contribution in [-0.2, 0) is 0 Å². The van der Waals surface area contributed by atoms with Crippen LogP contribution >= 0.6 is 11.3 Å². The van der Waals surface area contributed by atoms with Crippen LogP contribution in [0.2, 0.25) is 0 Å². The van der Waals surface area contributed by atoms with Crippen molar-refractivity contribution in [3.8, 4) is 11.3 Å². The van der Waals surface area contributed by atoms with Gasteiger partial charge >= 0.3 is 0 Å². The van der Waals surface area contributed by atoms with Gasteiger partial charge in [-0.25, -0.2) is 19.9 Å². The number of nitrogens with one attached hydrogen (secondary N) is 1. The molecule has 1 saturated carbocycles. The third kappa shape index (κ3) is 3.58. The van der Waals surface area contributed by atoms with Crippen LogP contribution in [0.15, 0.2) is 42.6 Å². The summed E-state index contributed by atoms with van der Waals surface area (Å²) >= 11 is 1.63. The number of anilines is 2. The van der Waals surface area contributed by atoms with Gasteiger partial charge in [0.15, 0.2) is 0 Å². The molecule has 3 N–H and O–H groups in total. The highest BCUT2D eigenvalue weighted by atomic mass is 32.1. The molecule has 4 aromatic rings. The molecule has 8 nitrogen and oxygen atoms in total. The van der Waals surface area contributed by atoms with E-state index in [-0.39, 0.29) is 6.04 Å². The Morgan fingerprint density at radius 3 is 2.79 bits per heavy atom. The van der Waals surface area contributed by atoms with E-state index in [2.05, 4.69) is 31.6 Å². The van der Waals surface area contributed by atoms with Gasteiger partial charge in [-0.2, -0.15) is 5.10 Å². The average molecular weight is 407 g/mol. The molecular formula is C20H22N8S. The smallest absolute Gasteiger partial charge is 0.228 e. The van der Waals surface area contributed by atoms with Crippen LogP contribution in [0.4, 0.5) is 11.6 Å². The molecule has 1 unspecified atom stereocenters. The Kier molecular flexibility index (Phi) is 4.91. The van der Waals surface area contributed by atoms with Crippen molar-refractivity contribution in [2.45, 2.75) is 31.7 Å². The molecular weight excluding hydrogens is 384 g/mol. The van der Waals surface area contributed by atoms with Crippen LogP contribution in [0.25, 0.3) is 21.5 Å². The lowest BCUT2D eigenvalue weighted by molar-refractivity contribution is 0.317. The minimum absolute atomic E-state index is 0.242. The van der Waals surface area contributed by atoms with Crippen LogP contribution in [0.1, 0.15) is 31.7 Å². The topological polar surface area (TPSA) is 107 Å². The van der Waals surface area contributed by atoms with Crippen molar-refractivity contribution in [2.24, 2.45) is 11.7 Å². The Morgan fingerprint density at radius 1 is 1.17 bits per heavy atom. The molecule has 0 aliphatic heterocycles. The van der Waals surface area contributed by atoms with E-state index in [0.29, 0.717) is 18.4 Å². The van der Waals surface area contributed by atoms with Gasteiger partial charge in [0.2, 0.25) is 5.95 Å². The van der Waals surface area contributed by atoms with Gasteiger partial charge in [0.25, 0.3) is 0 Å². The molecule has 0 saturated heterocycles. The molecule has 29 heavy (non-hydrogen) atoms. The lowest BCUT2D eigenvalue weighted by Crippen LogP contribution is -2.26. The number of hydrogen-bond acceptors (Lipinski definition) is 8. The molecule has 0 spiro atoms. The van der Waals surface area contributed by atoms with Crippen LogP contribution < -0.4 is 11.1 Å². The Labute approximate surface area is 172 Å². The normalized spacial score (nSPS) is 15.8. The molecule has 1 atom stereocenters. The molecule has 1 aliphatic carbocycles. The van der Waals surface area contributed by atoms with Gasteiger partial charge in [-0.15, -0.1) is 11.3 Å². The second-order valence-electron chi connectivity index (χ2n) is 7.34. The predicted molar refractivity (Wildman–Crippen MR) is 114 cm³/mol. The Morgan fingerprint density at radius 2 is 2.00 bits per heavy atom. The Hall–Kier alpha value is -2.91. The zero-order chi connectivity index (χ0) is 19.6. The van der Waals surface area contributed by atoms with Gasteiger partial charge in [0, 0.05) is 18.3 Å². The summed E-state index contributed by atoms with van der Waals surface area (Å²) < 4.78 is 3.08. The first-order valence-corrected chi connectivity index (χ1v) is 10.7. The molecule has 5 rings (SSSR count). The first kappa shape index (κ1) is 18.1. The minimum Gasteiger partial charge on any atom is -0.328 e. The van der Waals surface area contributed by atoms with Crippen molar-refractivity contribution in [3.05, 3.63) is 42.6 Å². The maximum atomic E-state index is 6.11. The fraction of sp³-hybridized carbons (Fsp3) is 0.350. The molecule has 1 aliphatic rings. The predicted octanol–water partition coefficient (Wildman–Crippen LogP) is 3.78. The van der Waals surface area contributed by atoms with E-state index in [1.807, 2.05) is 22.3 Å². The quantitative estimate of drug-likeness (QED) is 0.502. The molecule has 4 heterocycles. The van der Waals surface area contributed by atoms with Crippen molar-refractivity contribution < 1.29 is 0 Å². The van der Waals surface area contributed by atoms with E-state index >= 15 is 0 Å². The number of fused-ring (bicyclic) bond motifs is 1. The number of nitrogens with two attached hydrogens (primary N) is 1. The summed E-state index contributed by atoms with van der Waals surface area (Å²) in [5.41, 5.74) is 9.60. The maximum absolute atomic E-state index is 6.11. The number of rotatable bonds is 6. The Bertz CT molecular complexity index is 1100. The average Bonchev–Trinajstić information content (AvgIpc) is 3.51. The number of aromatic nitrogens is 6. The van der Waals surface area contributed by atoms with Gasteiger partial charge in [-0.05, 0) is 30.2 Å². The first-order chi connectivity index (χ1) is 14.3. The number of thiophene rings is 1. The van der Waals surface area contributed by atoms with Gasteiger partial charge in [0.1, 0.15) is 6.33 Å². The standard InChI is InChI=1S/C20H22N8S/c21-7-17(13-3-1-2-4-13)28-11-14(8-24-28)18-19-16(5-6-29-19)26-20(27-18)25-15-9-22-12-23-10-15/h5-6,8-13,17H,1-4,7,21H2,(H,25,26,27). The second-order valence-corrected chi connectivity index (χ2v) is 8.26. The highest BCUT2D eigenvalue weighted by Crippen LogP contribution is 2.35. The molecule has 0 bridgehead atoms. The van der Waals surface area contributed by atoms with Crippen molar-refractivity contribution in [1.29, 1.82) is 0 Å². The number of hydrogen-bond donors (Lipinski definition) is 2. The van der Waals surface area contributed by atoms with E-state index in [0.717, 1.165) is 27.2 Å². The van der Waals surface area contributed by atoms with Crippen LogP contribution in [0.5, 0.6) is 0 Å². The molecule has 4 aromatic heterocycles. The van der Waals surface area contributed by atoms with Crippen molar-refractivity contribution in [3.63, 3.8) is 0 Å². The maximum Gasteiger partial charge on any atom is 0.228 e. The van der Waals surface area contributed by atoms with Crippen molar-refractivity contribution >= 4 is 33.2 Å². The fourth-order valence-electron chi connectivity index (χ4n) is 4.11. The summed E-state index contributed by atoms with van der Waals surface area (Å²) in [6.45, 7) is 0.602. The first-order valence-electron chi connectivity index (χ1n) is 9.83. The van der Waals surface area contributed by atoms with E-state index in [9.17, 15) is 0 Å². The van der Waals surface area contributed by atoms with E-state index in [1.165, 1.54) is 32.0 Å². The van der Waals surface area contributed by atoms with Crippen LogP contribution in [-0.4, -0.2) is 36.3 Å². The van der Waals surface area contributed by atoms with Gasteiger partial charge in [0.05, 0.1) is 46.2 Å². The lowest BCUT2D eigenvalue weighted by Gasteiger charge is -2.22. The summed E-state index contributed by atoms with van der Waals surface area (Å²) in [7, 11) is 0. The van der Waals surface area contributed by atoms with E-state index in [1.54, 1.807) is 23.7 Å². The molecule has 148 valence electrons. The highest BCUT2D eigenvalue weighted by Gasteiger charge is 2.26. The summed E-state index contributed by atoms with van der Waals surface area (Å²) in [5, 5.41) is 9.88. The van der Waals surface area contributed by atoms with Gasteiger partial charge in [-0.3, -0.25) is 4.68 Å². The second kappa shape index (κ2) is 7.84. The largest absolute Gasteiger partial charge is 0.328 e. The third-order valence-corrected chi connectivity index (χ3v) is 6.43. The van der Waals surface area contributed by atoms with E-state index in [4.69, 9.17) is 10.7 Å². The summed E-state index contributed by atoms with van der Waals surface area (Å²) in [6.07, 6.45) is 13.9. The van der Waals surface area contributed by atoms with Gasteiger partial charge < -0.3 is 11.1 Å². The monoisotopic (exact) mass is 406 g/mol. The van der Waals surface area contributed by atoms with Crippen LogP contribution in [0, 0.1) is 5.92 Å². The van der Waals surface area contributed by atoms with Crippen LogP contribution in [0.3, 0.4) is 0 Å². The molecule has 0 radical (unpaired) electrons. The SMILES string of the molecule is NCC(C1CCCC1)n1cc(-c2nc(Nc3cncnc3)nc3ccsc23)cn1. The zero-order valence-electron chi connectivity index (χ0n) is 15.9. The molecule has 9 heteroatoms. The number of nitrogens with zero attached hydrogens (tertiary/aromatic N) is 6. The summed E-state index contributed by atoms with van der Waals surface area (Å²) in [6, 6.07) is 2.25. The highest BCUT2D eigenvalue weighted by molar-refractivity contribution is 7.17. The third-order valence-electron chi connectivity index (χ3n) is 5.52. The minimum atomic E-state index is 0.242. The zero-order valence-corrected chi connectivity index (χ0v) is 16.7.